The third kappa shape index (κ3) is 7.10. The van der Waals surface area contributed by atoms with Gasteiger partial charge in [0.2, 0.25) is 0 Å². The number of fused-ring (bicyclic) bond motifs is 1. The topological polar surface area (TPSA) is 142 Å². The number of carbonyl (C=O) groups is 2. The third-order valence-corrected chi connectivity index (χ3v) is 8.51. The summed E-state index contributed by atoms with van der Waals surface area (Å²) >= 11 is 3.41. The largest absolute Gasteiger partial charge is 0.480 e. The number of anilines is 3. The number of ether oxygens (including phenoxy) is 1. The molecule has 11 nitrogen and oxygen atoms in total. The molecule has 5 rings (SSSR count). The quantitative estimate of drug-likeness (QED) is 0.259. The van der Waals surface area contributed by atoms with Crippen molar-refractivity contribution in [2.45, 2.75) is 58.1 Å². The van der Waals surface area contributed by atoms with Gasteiger partial charge in [0.05, 0.1) is 0 Å². The van der Waals surface area contributed by atoms with Crippen LogP contribution in [-0.4, -0.2) is 64.3 Å². The Bertz CT molecular complexity index is 1450. The lowest BCUT2D eigenvalue weighted by atomic mass is 9.92. The molecule has 2 aliphatic rings. The van der Waals surface area contributed by atoms with Gasteiger partial charge in [-0.3, -0.25) is 0 Å². The normalized spacial score (nSPS) is 15.7. The fraction of sp³-hybridized carbons (Fsp3) is 0.433. The van der Waals surface area contributed by atoms with E-state index in [1.807, 2.05) is 38.1 Å². The Morgan fingerprint density at radius 2 is 1.93 bits per heavy atom. The van der Waals surface area contributed by atoms with Gasteiger partial charge in [0.15, 0.2) is 0 Å². The summed E-state index contributed by atoms with van der Waals surface area (Å²) in [6.07, 6.45) is 3.33. The van der Waals surface area contributed by atoms with E-state index in [-0.39, 0.29) is 13.2 Å². The minimum absolute atomic E-state index is 0.0106. The third-order valence-electron chi connectivity index (χ3n) is 7.74. The molecule has 1 fully saturated rings. The number of hydrogen-bond donors (Lipinski definition) is 4. The number of aliphatic carboxylic acids is 1. The minimum Gasteiger partial charge on any atom is -0.480 e. The number of benzene rings is 1. The van der Waals surface area contributed by atoms with Gasteiger partial charge in [-0.15, -0.1) is 0 Å². The number of nitrogens with one attached hydrogen (secondary N) is 3. The van der Waals surface area contributed by atoms with Gasteiger partial charge in [0.1, 0.15) is 35.9 Å². The van der Waals surface area contributed by atoms with Crippen molar-refractivity contribution in [3.63, 3.8) is 0 Å². The molecule has 4 N–H and O–H groups in total. The number of carboxylic acid groups (broad SMARTS) is 1. The Morgan fingerprint density at radius 3 is 2.69 bits per heavy atom. The molecule has 2 aromatic heterocycles. The molecule has 42 heavy (non-hydrogen) atoms. The average Bonchev–Trinajstić information content (AvgIpc) is 3.00. The number of rotatable bonds is 9. The van der Waals surface area contributed by atoms with Crippen molar-refractivity contribution in [3.05, 3.63) is 69.1 Å². The Hall–Kier alpha value is -3.93. The number of pyridine rings is 1. The van der Waals surface area contributed by atoms with Crippen LogP contribution in [0, 0.1) is 13.8 Å². The maximum absolute atomic E-state index is 12.4. The van der Waals surface area contributed by atoms with E-state index in [0.29, 0.717) is 17.6 Å². The minimum atomic E-state index is -1.22. The number of halogens is 1. The monoisotopic (exact) mass is 637 g/mol. The van der Waals surface area contributed by atoms with Crippen molar-refractivity contribution in [1.82, 2.24) is 20.3 Å². The molecule has 4 heterocycles. The van der Waals surface area contributed by atoms with Gasteiger partial charge >= 0.3 is 12.1 Å². The highest BCUT2D eigenvalue weighted by atomic mass is 79.9. The lowest BCUT2D eigenvalue weighted by molar-refractivity contribution is -0.139. The van der Waals surface area contributed by atoms with E-state index in [1.54, 1.807) is 0 Å². The van der Waals surface area contributed by atoms with E-state index in [0.717, 1.165) is 78.2 Å². The van der Waals surface area contributed by atoms with Gasteiger partial charge in [-0.1, -0.05) is 40.2 Å². The molecule has 0 unspecified atom stereocenters. The summed E-state index contributed by atoms with van der Waals surface area (Å²) in [4.78, 5) is 40.7. The van der Waals surface area contributed by atoms with Crippen molar-refractivity contribution >= 4 is 45.4 Å². The number of carboxylic acids is 1. The van der Waals surface area contributed by atoms with Crippen molar-refractivity contribution < 1.29 is 19.4 Å². The van der Waals surface area contributed by atoms with Gasteiger partial charge in [-0.25, -0.2) is 24.5 Å². The zero-order valence-corrected chi connectivity index (χ0v) is 25.4. The molecular formula is C30H36BrN7O4. The van der Waals surface area contributed by atoms with Crippen LogP contribution in [0.3, 0.4) is 0 Å². The highest BCUT2D eigenvalue weighted by molar-refractivity contribution is 9.10. The Morgan fingerprint density at radius 1 is 1.14 bits per heavy atom. The van der Waals surface area contributed by atoms with Gasteiger partial charge in [-0.2, -0.15) is 0 Å². The fourth-order valence-electron chi connectivity index (χ4n) is 5.39. The van der Waals surface area contributed by atoms with E-state index in [4.69, 9.17) is 14.7 Å². The zero-order valence-electron chi connectivity index (χ0n) is 23.8. The van der Waals surface area contributed by atoms with Crippen LogP contribution in [0.15, 0.2) is 40.9 Å². The Labute approximate surface area is 253 Å². The molecule has 1 amide bonds. The summed E-state index contributed by atoms with van der Waals surface area (Å²) < 4.78 is 6.04. The first-order valence-corrected chi connectivity index (χ1v) is 15.0. The highest BCUT2D eigenvalue weighted by Crippen LogP contribution is 2.33. The molecule has 1 aromatic carbocycles. The molecule has 3 aromatic rings. The van der Waals surface area contributed by atoms with Crippen molar-refractivity contribution in [1.29, 1.82) is 0 Å². The number of aryl methyl sites for hydroxylation is 2. The SMILES string of the molecule is Cc1nc(NC[C@H](NC(=O)OCc2ccccc2Br)C(=O)O)c(C)c(N2CCC(c3ccc4c(n3)NCCC4)CC2)n1. The molecule has 2 aliphatic heterocycles. The molecule has 0 radical (unpaired) electrons. The summed E-state index contributed by atoms with van der Waals surface area (Å²) in [5.74, 6) is 2.19. The van der Waals surface area contributed by atoms with Gasteiger partial charge in [-0.05, 0) is 57.2 Å². The molecule has 0 aliphatic carbocycles. The van der Waals surface area contributed by atoms with Crippen LogP contribution < -0.4 is 20.9 Å². The van der Waals surface area contributed by atoms with E-state index in [9.17, 15) is 14.7 Å². The number of carbonyl (C=O) groups excluding carboxylic acids is 1. The maximum atomic E-state index is 12.4. The van der Waals surface area contributed by atoms with Crippen molar-refractivity contribution in [2.24, 2.45) is 0 Å². The highest BCUT2D eigenvalue weighted by Gasteiger charge is 2.27. The average molecular weight is 639 g/mol. The smallest absolute Gasteiger partial charge is 0.408 e. The standard InChI is InChI=1S/C30H36BrN7O4/c1-18-26(33-16-25(29(39)40)37-30(41)42-17-22-6-3-4-8-23(22)31)34-19(2)35-28(18)38-14-11-20(12-15-38)24-10-9-21-7-5-13-32-27(21)36-24/h3-4,6,8-10,20,25H,5,7,11-17H2,1-2H3,(H,32,36)(H,37,41)(H,39,40)(H,33,34,35)/t25-/m0/s1. The zero-order chi connectivity index (χ0) is 29.6. The second kappa shape index (κ2) is 13.4. The molecule has 0 saturated carbocycles. The van der Waals surface area contributed by atoms with Gasteiger partial charge in [0, 0.05) is 53.4 Å². The van der Waals surface area contributed by atoms with Crippen LogP contribution in [0.5, 0.6) is 0 Å². The number of amides is 1. The number of aromatic nitrogens is 3. The maximum Gasteiger partial charge on any atom is 0.408 e. The summed E-state index contributed by atoms with van der Waals surface area (Å²) in [6.45, 7) is 6.32. The number of nitrogens with zero attached hydrogens (tertiary/aromatic N) is 4. The molecule has 0 spiro atoms. The van der Waals surface area contributed by atoms with E-state index in [1.165, 1.54) is 5.56 Å². The first-order valence-electron chi connectivity index (χ1n) is 14.3. The number of alkyl carbamates (subject to hydrolysis) is 1. The number of hydrogen-bond acceptors (Lipinski definition) is 9. The summed E-state index contributed by atoms with van der Waals surface area (Å²) in [7, 11) is 0. The van der Waals surface area contributed by atoms with E-state index >= 15 is 0 Å². The molecule has 1 atom stereocenters. The van der Waals surface area contributed by atoms with Crippen LogP contribution in [-0.2, 0) is 22.6 Å². The van der Waals surface area contributed by atoms with Crippen LogP contribution >= 0.6 is 15.9 Å². The van der Waals surface area contributed by atoms with Crippen molar-refractivity contribution in [2.75, 3.05) is 41.7 Å². The predicted molar refractivity (Wildman–Crippen MR) is 164 cm³/mol. The molecule has 222 valence electrons. The first kappa shape index (κ1) is 29.6. The molecule has 1 saturated heterocycles. The van der Waals surface area contributed by atoms with Gasteiger partial charge < -0.3 is 30.7 Å². The predicted octanol–water partition coefficient (Wildman–Crippen LogP) is 4.78. The van der Waals surface area contributed by atoms with Gasteiger partial charge in [0.25, 0.3) is 0 Å². The fourth-order valence-corrected chi connectivity index (χ4v) is 5.79. The molecule has 0 bridgehead atoms. The Balaban J connectivity index is 1.19. The Kier molecular flexibility index (Phi) is 9.41. The molecule has 12 heteroatoms. The van der Waals surface area contributed by atoms with Crippen LogP contribution in [0.1, 0.15) is 53.4 Å². The summed E-state index contributed by atoms with van der Waals surface area (Å²) in [5.41, 5.74) is 4.04. The second-order valence-electron chi connectivity index (χ2n) is 10.7. The number of piperidine rings is 1. The van der Waals surface area contributed by atoms with E-state index in [2.05, 4.69) is 53.9 Å². The van der Waals surface area contributed by atoms with Crippen LogP contribution in [0.25, 0.3) is 0 Å². The lowest BCUT2D eigenvalue weighted by Gasteiger charge is -2.34. The first-order chi connectivity index (χ1) is 20.3. The summed E-state index contributed by atoms with van der Waals surface area (Å²) in [5, 5.41) is 18.7. The van der Waals surface area contributed by atoms with E-state index < -0.39 is 18.1 Å². The van der Waals surface area contributed by atoms with Crippen LogP contribution in [0.4, 0.5) is 22.2 Å². The second-order valence-corrected chi connectivity index (χ2v) is 11.5. The van der Waals surface area contributed by atoms with Crippen LogP contribution in [0.2, 0.25) is 0 Å². The lowest BCUT2D eigenvalue weighted by Crippen LogP contribution is -2.45. The summed E-state index contributed by atoms with van der Waals surface area (Å²) in [6, 6.07) is 10.5. The van der Waals surface area contributed by atoms with Crippen molar-refractivity contribution in [3.8, 4) is 0 Å². The molecular weight excluding hydrogens is 602 g/mol.